The van der Waals surface area contributed by atoms with E-state index in [1.54, 1.807) is 19.1 Å². The van der Waals surface area contributed by atoms with Crippen molar-refractivity contribution in [3.05, 3.63) is 101 Å². The normalized spacial score (nSPS) is 14.8. The van der Waals surface area contributed by atoms with E-state index < -0.39 is 0 Å². The molecule has 30 heavy (non-hydrogen) atoms. The zero-order valence-electron chi connectivity index (χ0n) is 16.6. The van der Waals surface area contributed by atoms with Gasteiger partial charge in [0.05, 0.1) is 19.9 Å². The fourth-order valence-corrected chi connectivity index (χ4v) is 3.44. The number of methoxy groups -OCH3 is 2. The predicted octanol–water partition coefficient (Wildman–Crippen LogP) is 5.83. The topological polar surface area (TPSA) is 38.8 Å². The molecule has 3 aromatic carbocycles. The first-order chi connectivity index (χ1) is 14.6. The average Bonchev–Trinajstić information content (AvgIpc) is 3.10. The van der Waals surface area contributed by atoms with E-state index in [0.717, 1.165) is 34.0 Å². The molecule has 1 aliphatic rings. The van der Waals surface area contributed by atoms with E-state index in [9.17, 15) is 4.79 Å². The maximum Gasteiger partial charge on any atom is 0.262 e. The van der Waals surface area contributed by atoms with Crippen molar-refractivity contribution in [3.63, 3.8) is 0 Å². The van der Waals surface area contributed by atoms with Crippen molar-refractivity contribution in [2.24, 2.45) is 0 Å². The molecule has 0 bridgehead atoms. The van der Waals surface area contributed by atoms with Crippen LogP contribution in [0.5, 0.6) is 11.5 Å². The van der Waals surface area contributed by atoms with E-state index >= 15 is 0 Å². The summed E-state index contributed by atoms with van der Waals surface area (Å²) in [6, 6.07) is 22.5. The molecule has 0 aliphatic carbocycles. The van der Waals surface area contributed by atoms with Gasteiger partial charge in [0.25, 0.3) is 5.91 Å². The summed E-state index contributed by atoms with van der Waals surface area (Å²) in [5.41, 5.74) is 3.98. The molecule has 0 saturated heterocycles. The van der Waals surface area contributed by atoms with Crippen LogP contribution in [0.25, 0.3) is 11.8 Å². The number of halogens is 1. The minimum Gasteiger partial charge on any atom is -0.497 e. The largest absolute Gasteiger partial charge is 0.497 e. The SMILES string of the molecule is COc1ccc(/C=C2\C=C(c3ccc(Cl)cc3)N(c3ccc(OC)cc3)C2=O)cc1. The van der Waals surface area contributed by atoms with Crippen molar-refractivity contribution < 1.29 is 14.3 Å². The van der Waals surface area contributed by atoms with E-state index in [-0.39, 0.29) is 5.91 Å². The lowest BCUT2D eigenvalue weighted by atomic mass is 10.1. The van der Waals surface area contributed by atoms with Gasteiger partial charge in [-0.3, -0.25) is 9.69 Å². The van der Waals surface area contributed by atoms with Crippen LogP contribution in [0.3, 0.4) is 0 Å². The zero-order valence-corrected chi connectivity index (χ0v) is 17.4. The third kappa shape index (κ3) is 3.95. The van der Waals surface area contributed by atoms with Gasteiger partial charge in [0.2, 0.25) is 0 Å². The molecule has 0 unspecified atom stereocenters. The molecular formula is C25H20ClNO3. The molecule has 0 radical (unpaired) electrons. The number of ether oxygens (including phenoxy) is 2. The first-order valence-electron chi connectivity index (χ1n) is 9.41. The summed E-state index contributed by atoms with van der Waals surface area (Å²) in [5, 5.41) is 0.647. The lowest BCUT2D eigenvalue weighted by molar-refractivity contribution is -0.113. The van der Waals surface area contributed by atoms with Crippen LogP contribution in [-0.4, -0.2) is 20.1 Å². The van der Waals surface area contributed by atoms with Crippen molar-refractivity contribution in [2.45, 2.75) is 0 Å². The molecule has 0 atom stereocenters. The van der Waals surface area contributed by atoms with Crippen molar-refractivity contribution in [1.29, 1.82) is 0 Å². The maximum absolute atomic E-state index is 13.4. The average molecular weight is 418 g/mol. The Bertz CT molecular complexity index is 1110. The summed E-state index contributed by atoms with van der Waals surface area (Å²) in [6.45, 7) is 0. The minimum atomic E-state index is -0.0964. The van der Waals surface area contributed by atoms with E-state index in [0.29, 0.717) is 10.6 Å². The summed E-state index contributed by atoms with van der Waals surface area (Å²) in [4.78, 5) is 15.1. The lowest BCUT2D eigenvalue weighted by Gasteiger charge is -2.21. The highest BCUT2D eigenvalue weighted by Gasteiger charge is 2.30. The summed E-state index contributed by atoms with van der Waals surface area (Å²) >= 11 is 6.06. The van der Waals surface area contributed by atoms with Gasteiger partial charge in [-0.15, -0.1) is 0 Å². The summed E-state index contributed by atoms with van der Waals surface area (Å²) in [6.07, 6.45) is 3.78. The van der Waals surface area contributed by atoms with Gasteiger partial charge in [0.1, 0.15) is 11.5 Å². The lowest BCUT2D eigenvalue weighted by Crippen LogP contribution is -2.24. The molecule has 0 spiro atoms. The van der Waals surface area contributed by atoms with Crippen molar-refractivity contribution >= 4 is 35.0 Å². The second-order valence-corrected chi connectivity index (χ2v) is 7.18. The predicted molar refractivity (Wildman–Crippen MR) is 121 cm³/mol. The van der Waals surface area contributed by atoms with Crippen molar-refractivity contribution in [1.82, 2.24) is 0 Å². The van der Waals surface area contributed by atoms with E-state index in [1.165, 1.54) is 0 Å². The highest BCUT2D eigenvalue weighted by molar-refractivity contribution is 6.30. The highest BCUT2D eigenvalue weighted by Crippen LogP contribution is 2.36. The smallest absolute Gasteiger partial charge is 0.262 e. The van der Waals surface area contributed by atoms with Gasteiger partial charge in [-0.1, -0.05) is 35.9 Å². The van der Waals surface area contributed by atoms with Crippen LogP contribution in [-0.2, 0) is 4.79 Å². The van der Waals surface area contributed by atoms with Crippen LogP contribution >= 0.6 is 11.6 Å². The molecule has 150 valence electrons. The van der Waals surface area contributed by atoms with E-state index in [4.69, 9.17) is 21.1 Å². The van der Waals surface area contributed by atoms with Gasteiger partial charge in [-0.2, -0.15) is 0 Å². The summed E-state index contributed by atoms with van der Waals surface area (Å²) in [7, 11) is 3.24. The quantitative estimate of drug-likeness (QED) is 0.490. The van der Waals surface area contributed by atoms with E-state index in [2.05, 4.69) is 0 Å². The second kappa shape index (κ2) is 8.47. The number of benzene rings is 3. The third-order valence-electron chi connectivity index (χ3n) is 4.89. The Kier molecular flexibility index (Phi) is 5.59. The number of hydrogen-bond acceptors (Lipinski definition) is 3. The van der Waals surface area contributed by atoms with Gasteiger partial charge in [-0.05, 0) is 71.8 Å². The molecule has 1 heterocycles. The molecule has 4 rings (SSSR count). The monoisotopic (exact) mass is 417 g/mol. The second-order valence-electron chi connectivity index (χ2n) is 6.75. The molecule has 1 aliphatic heterocycles. The van der Waals surface area contributed by atoms with Crippen LogP contribution in [0.15, 0.2) is 84.4 Å². The first-order valence-corrected chi connectivity index (χ1v) is 9.79. The number of nitrogens with zero attached hydrogens (tertiary/aromatic N) is 1. The number of carbonyl (C=O) groups is 1. The maximum atomic E-state index is 13.4. The number of anilines is 1. The zero-order chi connectivity index (χ0) is 21.1. The molecule has 4 nitrogen and oxygen atoms in total. The van der Waals surface area contributed by atoms with Crippen molar-refractivity contribution in [3.8, 4) is 11.5 Å². The third-order valence-corrected chi connectivity index (χ3v) is 5.14. The molecule has 3 aromatic rings. The molecule has 1 amide bonds. The molecular weight excluding hydrogens is 398 g/mol. The summed E-state index contributed by atoms with van der Waals surface area (Å²) < 4.78 is 10.5. The van der Waals surface area contributed by atoms with Crippen LogP contribution in [0, 0.1) is 0 Å². The van der Waals surface area contributed by atoms with Gasteiger partial charge in [0, 0.05) is 16.3 Å². The van der Waals surface area contributed by atoms with Crippen LogP contribution in [0.2, 0.25) is 5.02 Å². The van der Waals surface area contributed by atoms with Gasteiger partial charge < -0.3 is 9.47 Å². The Morgan fingerprint density at radius 1 is 0.800 bits per heavy atom. The van der Waals surface area contributed by atoms with Crippen LogP contribution in [0.1, 0.15) is 11.1 Å². The minimum absolute atomic E-state index is 0.0964. The van der Waals surface area contributed by atoms with Gasteiger partial charge in [0.15, 0.2) is 0 Å². The number of rotatable bonds is 5. The summed E-state index contributed by atoms with van der Waals surface area (Å²) in [5.74, 6) is 1.41. The number of amides is 1. The van der Waals surface area contributed by atoms with Gasteiger partial charge >= 0.3 is 0 Å². The Morgan fingerprint density at radius 2 is 1.37 bits per heavy atom. The Balaban J connectivity index is 1.77. The van der Waals surface area contributed by atoms with Gasteiger partial charge in [-0.25, -0.2) is 0 Å². The van der Waals surface area contributed by atoms with E-state index in [1.807, 2.05) is 84.9 Å². The number of carbonyl (C=O) groups excluding carboxylic acids is 1. The standard InChI is InChI=1S/C25H20ClNO3/c1-29-22-11-3-17(4-12-22)15-19-16-24(18-5-7-20(26)8-6-18)27(25(19)28)21-9-13-23(30-2)14-10-21/h3-16H,1-2H3/b19-15+. The molecule has 5 heteroatoms. The Labute approximate surface area is 180 Å². The fourth-order valence-electron chi connectivity index (χ4n) is 3.32. The Hall–Kier alpha value is -3.50. The van der Waals surface area contributed by atoms with Crippen LogP contribution < -0.4 is 14.4 Å². The molecule has 0 N–H and O–H groups in total. The van der Waals surface area contributed by atoms with Crippen LogP contribution in [0.4, 0.5) is 5.69 Å². The molecule has 0 saturated carbocycles. The van der Waals surface area contributed by atoms with Crippen molar-refractivity contribution in [2.75, 3.05) is 19.1 Å². The molecule has 0 aromatic heterocycles. The Morgan fingerprint density at radius 3 is 1.93 bits per heavy atom. The highest BCUT2D eigenvalue weighted by atomic mass is 35.5. The first kappa shape index (κ1) is 19.8. The number of hydrogen-bond donors (Lipinski definition) is 0. The fraction of sp³-hybridized carbons (Fsp3) is 0.0800. The molecule has 0 fully saturated rings.